The van der Waals surface area contributed by atoms with Crippen molar-refractivity contribution < 1.29 is 19.0 Å². The van der Waals surface area contributed by atoms with E-state index >= 15 is 0 Å². The minimum atomic E-state index is -0.391. The zero-order chi connectivity index (χ0) is 16.2. The van der Waals surface area contributed by atoms with E-state index in [0.717, 1.165) is 0 Å². The van der Waals surface area contributed by atoms with Gasteiger partial charge in [-0.15, -0.1) is 0 Å². The third-order valence-electron chi connectivity index (χ3n) is 3.54. The lowest BCUT2D eigenvalue weighted by atomic mass is 10.0. The van der Waals surface area contributed by atoms with Gasteiger partial charge in [-0.25, -0.2) is 0 Å². The molecule has 0 spiro atoms. The second-order valence-electron chi connectivity index (χ2n) is 6.07. The predicted molar refractivity (Wildman–Crippen MR) is 84.3 cm³/mol. The van der Waals surface area contributed by atoms with Crippen LogP contribution in [0.15, 0.2) is 24.3 Å². The number of benzene rings is 1. The average molecular weight is 307 g/mol. The van der Waals surface area contributed by atoms with Gasteiger partial charge in [0.1, 0.15) is 5.75 Å². The van der Waals surface area contributed by atoms with Crippen LogP contribution in [0.3, 0.4) is 0 Å². The maximum absolute atomic E-state index is 12.9. The van der Waals surface area contributed by atoms with E-state index in [4.69, 9.17) is 14.2 Å². The quantitative estimate of drug-likeness (QED) is 0.838. The second kappa shape index (κ2) is 7.11. The Morgan fingerprint density at radius 1 is 1.41 bits per heavy atom. The van der Waals surface area contributed by atoms with Crippen LogP contribution in [0.1, 0.15) is 31.1 Å². The molecule has 1 amide bonds. The van der Waals surface area contributed by atoms with Gasteiger partial charge < -0.3 is 19.1 Å². The van der Waals surface area contributed by atoms with Crippen molar-refractivity contribution in [1.82, 2.24) is 4.90 Å². The molecule has 1 saturated heterocycles. The topological polar surface area (TPSA) is 48.0 Å². The van der Waals surface area contributed by atoms with E-state index in [2.05, 4.69) is 0 Å². The Labute approximate surface area is 132 Å². The van der Waals surface area contributed by atoms with Crippen molar-refractivity contribution in [2.75, 3.05) is 33.4 Å². The molecule has 1 fully saturated rings. The minimum Gasteiger partial charge on any atom is -0.493 e. The molecule has 1 aromatic rings. The smallest absolute Gasteiger partial charge is 0.257 e. The maximum atomic E-state index is 12.9. The Morgan fingerprint density at radius 3 is 2.82 bits per heavy atom. The molecule has 1 aromatic carbocycles. The molecule has 1 aliphatic heterocycles. The van der Waals surface area contributed by atoms with Gasteiger partial charge in [0.05, 0.1) is 30.5 Å². The number of carbonyl (C=O) groups is 1. The lowest BCUT2D eigenvalue weighted by Gasteiger charge is -2.42. The highest BCUT2D eigenvalue weighted by Gasteiger charge is 2.36. The summed E-state index contributed by atoms with van der Waals surface area (Å²) in [6.45, 7) is 7.97. The molecule has 2 rings (SSSR count). The van der Waals surface area contributed by atoms with Crippen molar-refractivity contribution in [3.63, 3.8) is 0 Å². The Morgan fingerprint density at radius 2 is 2.14 bits per heavy atom. The fraction of sp³-hybridized carbons (Fsp3) is 0.588. The largest absolute Gasteiger partial charge is 0.493 e. The summed E-state index contributed by atoms with van der Waals surface area (Å²) >= 11 is 0. The maximum Gasteiger partial charge on any atom is 0.257 e. The predicted octanol–water partition coefficient (Wildman–Crippen LogP) is 2.35. The molecule has 1 atom stereocenters. The highest BCUT2D eigenvalue weighted by atomic mass is 16.5. The molecule has 0 saturated carbocycles. The van der Waals surface area contributed by atoms with Gasteiger partial charge in [-0.3, -0.25) is 4.79 Å². The van der Waals surface area contributed by atoms with Crippen LogP contribution in [0, 0.1) is 0 Å². The number of hydrogen-bond donors (Lipinski definition) is 0. The summed E-state index contributed by atoms with van der Waals surface area (Å²) in [5.74, 6) is 0.601. The van der Waals surface area contributed by atoms with Crippen molar-refractivity contribution in [2.24, 2.45) is 0 Å². The van der Waals surface area contributed by atoms with Gasteiger partial charge in [0.15, 0.2) is 0 Å². The van der Waals surface area contributed by atoms with Crippen molar-refractivity contribution in [3.05, 3.63) is 29.8 Å². The summed E-state index contributed by atoms with van der Waals surface area (Å²) in [5, 5.41) is 0. The molecule has 0 aliphatic carbocycles. The fourth-order valence-corrected chi connectivity index (χ4v) is 2.82. The first-order valence-corrected chi connectivity index (χ1v) is 7.64. The molecule has 0 radical (unpaired) electrons. The van der Waals surface area contributed by atoms with E-state index < -0.39 is 5.60 Å². The zero-order valence-corrected chi connectivity index (χ0v) is 13.8. The molecule has 1 aliphatic rings. The van der Waals surface area contributed by atoms with Crippen molar-refractivity contribution in [1.29, 1.82) is 0 Å². The number of amides is 1. The number of para-hydroxylation sites is 1. The van der Waals surface area contributed by atoms with E-state index in [9.17, 15) is 4.79 Å². The summed E-state index contributed by atoms with van der Waals surface area (Å²) in [6.07, 6.45) is -0.114. The molecule has 5 heteroatoms. The Balaban J connectivity index is 2.21. The number of methoxy groups -OCH3 is 1. The molecule has 1 unspecified atom stereocenters. The number of nitrogens with zero attached hydrogens (tertiary/aromatic N) is 1. The number of rotatable bonds is 5. The van der Waals surface area contributed by atoms with Gasteiger partial charge in [-0.2, -0.15) is 0 Å². The number of carbonyl (C=O) groups excluding carboxylic acids is 1. The van der Waals surface area contributed by atoms with Crippen LogP contribution in [0.25, 0.3) is 0 Å². The summed E-state index contributed by atoms with van der Waals surface area (Å²) in [7, 11) is 1.64. The van der Waals surface area contributed by atoms with Crippen LogP contribution in [0.5, 0.6) is 5.75 Å². The Hall–Kier alpha value is -1.59. The molecule has 1 heterocycles. The van der Waals surface area contributed by atoms with Crippen LogP contribution >= 0.6 is 0 Å². The van der Waals surface area contributed by atoms with Gasteiger partial charge in [0.25, 0.3) is 5.91 Å². The van der Waals surface area contributed by atoms with Crippen LogP contribution in [-0.4, -0.2) is 55.9 Å². The molecule has 0 aromatic heterocycles. The first kappa shape index (κ1) is 16.8. The molecular formula is C17H25NO4. The third-order valence-corrected chi connectivity index (χ3v) is 3.54. The van der Waals surface area contributed by atoms with E-state index in [-0.39, 0.29) is 12.0 Å². The second-order valence-corrected chi connectivity index (χ2v) is 6.07. The van der Waals surface area contributed by atoms with Crippen molar-refractivity contribution in [3.8, 4) is 5.75 Å². The van der Waals surface area contributed by atoms with Crippen LogP contribution in [-0.2, 0) is 9.47 Å². The summed E-state index contributed by atoms with van der Waals surface area (Å²) in [4.78, 5) is 14.7. The monoisotopic (exact) mass is 307 g/mol. The van der Waals surface area contributed by atoms with E-state index in [1.54, 1.807) is 13.2 Å². The average Bonchev–Trinajstić information content (AvgIpc) is 2.46. The van der Waals surface area contributed by atoms with Gasteiger partial charge in [0.2, 0.25) is 0 Å². The summed E-state index contributed by atoms with van der Waals surface area (Å²) < 4.78 is 16.7. The van der Waals surface area contributed by atoms with Crippen molar-refractivity contribution in [2.45, 2.75) is 32.5 Å². The summed E-state index contributed by atoms with van der Waals surface area (Å²) in [6, 6.07) is 7.36. The molecule has 0 bridgehead atoms. The molecule has 0 N–H and O–H groups in total. The minimum absolute atomic E-state index is 0.0264. The zero-order valence-electron chi connectivity index (χ0n) is 13.8. The highest BCUT2D eigenvalue weighted by Crippen LogP contribution is 2.26. The lowest BCUT2D eigenvalue weighted by Crippen LogP contribution is -2.55. The normalized spacial score (nSPS) is 20.7. The number of hydrogen-bond acceptors (Lipinski definition) is 4. The van der Waals surface area contributed by atoms with Gasteiger partial charge >= 0.3 is 0 Å². The van der Waals surface area contributed by atoms with Crippen LogP contribution in [0.2, 0.25) is 0 Å². The van der Waals surface area contributed by atoms with Gasteiger partial charge in [-0.05, 0) is 32.9 Å². The number of morpholine rings is 1. The molecule has 22 heavy (non-hydrogen) atoms. The molecular weight excluding hydrogens is 282 g/mol. The van der Waals surface area contributed by atoms with E-state index in [1.165, 1.54) is 0 Å². The van der Waals surface area contributed by atoms with E-state index in [1.807, 2.05) is 43.9 Å². The standard InChI is InChI=1S/C17H25NO4/c1-5-21-15-9-7-6-8-14(15)16(19)18-10-13(11-20-4)22-17(2,3)12-18/h6-9,13H,5,10-12H2,1-4H3. The van der Waals surface area contributed by atoms with Crippen LogP contribution in [0.4, 0.5) is 0 Å². The van der Waals surface area contributed by atoms with Crippen molar-refractivity contribution >= 4 is 5.91 Å². The SMILES string of the molecule is CCOc1ccccc1C(=O)N1CC(COC)OC(C)(C)C1. The third kappa shape index (κ3) is 3.99. The Kier molecular flexibility index (Phi) is 5.42. The summed E-state index contributed by atoms with van der Waals surface area (Å²) in [5.41, 5.74) is 0.204. The Bertz CT molecular complexity index is 515. The molecule has 5 nitrogen and oxygen atoms in total. The van der Waals surface area contributed by atoms with Gasteiger partial charge in [0, 0.05) is 20.2 Å². The van der Waals surface area contributed by atoms with Crippen LogP contribution < -0.4 is 4.74 Å². The van der Waals surface area contributed by atoms with E-state index in [0.29, 0.717) is 37.6 Å². The highest BCUT2D eigenvalue weighted by molar-refractivity contribution is 5.97. The lowest BCUT2D eigenvalue weighted by molar-refractivity contribution is -0.143. The molecule has 122 valence electrons. The first-order valence-electron chi connectivity index (χ1n) is 7.64. The fourth-order valence-electron chi connectivity index (χ4n) is 2.82. The number of ether oxygens (including phenoxy) is 3. The van der Waals surface area contributed by atoms with Gasteiger partial charge in [-0.1, -0.05) is 12.1 Å². The first-order chi connectivity index (χ1) is 10.5.